The molecule has 5 rings (SSSR count). The summed E-state index contributed by atoms with van der Waals surface area (Å²) in [6.45, 7) is 1.32. The van der Waals surface area contributed by atoms with Crippen molar-refractivity contribution in [3.63, 3.8) is 0 Å². The first-order valence-electron chi connectivity index (χ1n) is 11.4. The number of hydrogen-bond acceptors (Lipinski definition) is 7. The topological polar surface area (TPSA) is 117 Å². The first-order valence-corrected chi connectivity index (χ1v) is 11.4. The smallest absolute Gasteiger partial charge is 0.340 e. The van der Waals surface area contributed by atoms with Gasteiger partial charge in [0.25, 0.3) is 0 Å². The molecule has 174 valence electrons. The lowest BCUT2D eigenvalue weighted by atomic mass is 9.69. The summed E-state index contributed by atoms with van der Waals surface area (Å²) in [7, 11) is 0. The first-order chi connectivity index (χ1) is 15.4. The summed E-state index contributed by atoms with van der Waals surface area (Å²) in [5.74, 6) is -2.54. The SMILES string of the molecule is O=C(O)C1=CN2C3CCC(O)CC3OC3C(NCCCn4ccnc4)C(F)CC(C1=O)C32. The van der Waals surface area contributed by atoms with E-state index in [-0.39, 0.29) is 24.1 Å². The normalized spacial score (nSPS) is 38.6. The third kappa shape index (κ3) is 3.74. The molecule has 32 heavy (non-hydrogen) atoms. The molecule has 1 aromatic rings. The number of carbonyl (C=O) groups excluding carboxylic acids is 1. The average molecular weight is 448 g/mol. The van der Waals surface area contributed by atoms with E-state index >= 15 is 4.39 Å². The molecule has 8 unspecified atom stereocenters. The maximum absolute atomic E-state index is 15.4. The number of imidazole rings is 1. The van der Waals surface area contributed by atoms with Gasteiger partial charge in [0.2, 0.25) is 0 Å². The minimum Gasteiger partial charge on any atom is -0.478 e. The predicted molar refractivity (Wildman–Crippen MR) is 110 cm³/mol. The number of carboxylic acids is 1. The molecule has 0 amide bonds. The Morgan fingerprint density at radius 2 is 2.19 bits per heavy atom. The quantitative estimate of drug-likeness (QED) is 0.425. The molecule has 4 aliphatic rings. The van der Waals surface area contributed by atoms with Crippen LogP contribution in [-0.2, 0) is 20.9 Å². The molecular formula is C22H29FN4O5. The summed E-state index contributed by atoms with van der Waals surface area (Å²) in [4.78, 5) is 30.6. The summed E-state index contributed by atoms with van der Waals surface area (Å²) in [5.41, 5.74) is -0.282. The summed E-state index contributed by atoms with van der Waals surface area (Å²) >= 11 is 0. The summed E-state index contributed by atoms with van der Waals surface area (Å²) < 4.78 is 23.7. The van der Waals surface area contributed by atoms with E-state index in [2.05, 4.69) is 10.3 Å². The highest BCUT2D eigenvalue weighted by molar-refractivity contribution is 6.18. The second-order valence-corrected chi connectivity index (χ2v) is 9.32. The molecule has 0 aromatic carbocycles. The Morgan fingerprint density at radius 3 is 2.94 bits per heavy atom. The summed E-state index contributed by atoms with van der Waals surface area (Å²) in [6, 6.07) is -1.13. The maximum Gasteiger partial charge on any atom is 0.340 e. The lowest BCUT2D eigenvalue weighted by Gasteiger charge is -2.59. The van der Waals surface area contributed by atoms with E-state index in [1.807, 2.05) is 15.7 Å². The fraction of sp³-hybridized carbons (Fsp3) is 0.682. The highest BCUT2D eigenvalue weighted by atomic mass is 19.1. The number of fused-ring (bicyclic) bond motifs is 2. The Kier molecular flexibility index (Phi) is 5.77. The molecule has 0 spiro atoms. The summed E-state index contributed by atoms with van der Waals surface area (Å²) in [5, 5.41) is 23.1. The molecule has 2 aliphatic heterocycles. The zero-order chi connectivity index (χ0) is 22.4. The van der Waals surface area contributed by atoms with Crippen LogP contribution in [0.4, 0.5) is 4.39 Å². The van der Waals surface area contributed by atoms with Crippen molar-refractivity contribution in [3.05, 3.63) is 30.5 Å². The van der Waals surface area contributed by atoms with Gasteiger partial charge >= 0.3 is 5.97 Å². The number of nitrogens with one attached hydrogen (secondary N) is 1. The number of aryl methyl sites for hydroxylation is 1. The lowest BCUT2D eigenvalue weighted by molar-refractivity contribution is -0.205. The number of aliphatic hydroxyl groups excluding tert-OH is 1. The van der Waals surface area contributed by atoms with E-state index in [1.54, 1.807) is 12.5 Å². The van der Waals surface area contributed by atoms with Crippen LogP contribution in [0.3, 0.4) is 0 Å². The van der Waals surface area contributed by atoms with E-state index in [0.29, 0.717) is 25.8 Å². The van der Waals surface area contributed by atoms with Crippen molar-refractivity contribution in [2.75, 3.05) is 6.54 Å². The van der Waals surface area contributed by atoms with E-state index in [9.17, 15) is 19.8 Å². The number of ketones is 1. The van der Waals surface area contributed by atoms with Crippen LogP contribution in [0.15, 0.2) is 30.5 Å². The van der Waals surface area contributed by atoms with E-state index < -0.39 is 48.1 Å². The van der Waals surface area contributed by atoms with Crippen molar-refractivity contribution < 1.29 is 28.9 Å². The lowest BCUT2D eigenvalue weighted by Crippen LogP contribution is -2.73. The zero-order valence-electron chi connectivity index (χ0n) is 17.7. The van der Waals surface area contributed by atoms with Gasteiger partial charge in [-0.3, -0.25) is 4.79 Å². The number of aliphatic hydroxyl groups is 1. The van der Waals surface area contributed by atoms with Gasteiger partial charge in [0.1, 0.15) is 11.7 Å². The van der Waals surface area contributed by atoms with Crippen LogP contribution < -0.4 is 5.32 Å². The number of aliphatic carboxylic acids is 1. The molecule has 10 heteroatoms. The highest BCUT2D eigenvalue weighted by Gasteiger charge is 2.58. The van der Waals surface area contributed by atoms with Gasteiger partial charge in [-0.05, 0) is 32.2 Å². The van der Waals surface area contributed by atoms with Crippen LogP contribution in [0.2, 0.25) is 0 Å². The Hall–Kier alpha value is -2.30. The minimum absolute atomic E-state index is 0.0241. The van der Waals surface area contributed by atoms with Crippen molar-refractivity contribution >= 4 is 11.8 Å². The number of halogens is 1. The van der Waals surface area contributed by atoms with Crippen LogP contribution in [0.25, 0.3) is 0 Å². The number of alkyl halides is 1. The Morgan fingerprint density at radius 1 is 1.34 bits per heavy atom. The van der Waals surface area contributed by atoms with Crippen LogP contribution in [0.1, 0.15) is 32.1 Å². The van der Waals surface area contributed by atoms with Gasteiger partial charge in [-0.2, -0.15) is 0 Å². The van der Waals surface area contributed by atoms with Crippen molar-refractivity contribution in [3.8, 4) is 0 Å². The number of morpholine rings is 1. The zero-order valence-corrected chi connectivity index (χ0v) is 17.7. The predicted octanol–water partition coefficient (Wildman–Crippen LogP) is 0.492. The van der Waals surface area contributed by atoms with Crippen molar-refractivity contribution in [1.29, 1.82) is 0 Å². The number of nitrogens with zero attached hydrogens (tertiary/aromatic N) is 3. The van der Waals surface area contributed by atoms with E-state index in [4.69, 9.17) is 4.74 Å². The number of carbonyl (C=O) groups is 2. The van der Waals surface area contributed by atoms with Crippen LogP contribution in [-0.4, -0.2) is 85.6 Å². The Bertz CT molecular complexity index is 893. The van der Waals surface area contributed by atoms with Crippen LogP contribution >= 0.6 is 0 Å². The van der Waals surface area contributed by atoms with E-state index in [1.165, 1.54) is 6.20 Å². The molecule has 3 N–H and O–H groups in total. The standard InChI is InChI=1S/C22H29FN4O5/c23-15-9-13-19-21(18(15)25-4-1-6-26-7-5-24-11-26)32-17-8-12(28)2-3-16(17)27(19)10-14(20(13)29)22(30)31/h5,7,10-13,15-19,21,25,28H,1-4,6,8-9H2,(H,30,31). The van der Waals surface area contributed by atoms with Crippen molar-refractivity contribution in [2.45, 2.75) is 81.3 Å². The molecule has 3 heterocycles. The Labute approximate surface area is 185 Å². The number of hydrogen-bond donors (Lipinski definition) is 3. The fourth-order valence-electron chi connectivity index (χ4n) is 5.93. The number of Topliss-reactive ketones (excluding diaryl/α,β-unsaturated/α-hetero) is 1. The van der Waals surface area contributed by atoms with Crippen LogP contribution in [0, 0.1) is 5.92 Å². The largest absolute Gasteiger partial charge is 0.478 e. The van der Waals surface area contributed by atoms with Crippen LogP contribution in [0.5, 0.6) is 0 Å². The number of ether oxygens (including phenoxy) is 1. The molecule has 2 aliphatic carbocycles. The van der Waals surface area contributed by atoms with Gasteiger partial charge in [-0.25, -0.2) is 14.2 Å². The third-order valence-electron chi connectivity index (χ3n) is 7.40. The van der Waals surface area contributed by atoms with Gasteiger partial charge in [0, 0.05) is 37.5 Å². The molecule has 1 aromatic heterocycles. The highest BCUT2D eigenvalue weighted by Crippen LogP contribution is 2.45. The second kappa shape index (κ2) is 8.57. The van der Waals surface area contributed by atoms with Crippen molar-refractivity contribution in [2.24, 2.45) is 5.92 Å². The monoisotopic (exact) mass is 448 g/mol. The van der Waals surface area contributed by atoms with Gasteiger partial charge in [-0.15, -0.1) is 0 Å². The Balaban J connectivity index is 1.38. The fourth-order valence-corrected chi connectivity index (χ4v) is 5.93. The maximum atomic E-state index is 15.4. The molecular weight excluding hydrogens is 419 g/mol. The minimum atomic E-state index is -1.33. The van der Waals surface area contributed by atoms with E-state index in [0.717, 1.165) is 13.0 Å². The number of aromatic nitrogens is 2. The van der Waals surface area contributed by atoms with Crippen molar-refractivity contribution in [1.82, 2.24) is 19.8 Å². The molecule has 0 bridgehead atoms. The van der Waals surface area contributed by atoms with Gasteiger partial charge in [0.05, 0.1) is 42.8 Å². The third-order valence-corrected chi connectivity index (χ3v) is 7.40. The molecule has 1 saturated heterocycles. The average Bonchev–Trinajstić information content (AvgIpc) is 3.27. The molecule has 2 saturated carbocycles. The number of carboxylic acid groups (broad SMARTS) is 1. The molecule has 8 atom stereocenters. The molecule has 3 fully saturated rings. The van der Waals surface area contributed by atoms with Gasteiger partial charge in [0.15, 0.2) is 5.78 Å². The number of rotatable bonds is 6. The van der Waals surface area contributed by atoms with Gasteiger partial charge in [-0.1, -0.05) is 0 Å². The van der Waals surface area contributed by atoms with Gasteiger partial charge < -0.3 is 29.7 Å². The first kappa shape index (κ1) is 21.5. The molecule has 0 radical (unpaired) electrons. The molecule has 9 nitrogen and oxygen atoms in total. The second-order valence-electron chi connectivity index (χ2n) is 9.32. The summed E-state index contributed by atoms with van der Waals surface area (Å²) in [6.07, 6.45) is 6.42.